The van der Waals surface area contributed by atoms with Gasteiger partial charge in [0.25, 0.3) is 0 Å². The monoisotopic (exact) mass is 372 g/mol. The van der Waals surface area contributed by atoms with Crippen molar-refractivity contribution < 1.29 is 14.2 Å². The molecule has 0 radical (unpaired) electrons. The van der Waals surface area contributed by atoms with E-state index in [1.165, 1.54) is 6.42 Å². The standard InChI is InChI=1S/C19H40N4O3/c1-5-7-11-24-15-16-26-14-10-21-18(20-6-2)22-17-19(23(3)4)8-12-25-13-9-19/h5-17H2,1-4H3,(H2,20,21,22). The molecule has 1 saturated heterocycles. The molecule has 0 atom stereocenters. The summed E-state index contributed by atoms with van der Waals surface area (Å²) in [6.45, 7) is 11.0. The van der Waals surface area contributed by atoms with Crippen molar-refractivity contribution in [2.24, 2.45) is 4.99 Å². The molecule has 1 fully saturated rings. The molecule has 0 amide bonds. The third kappa shape index (κ3) is 9.16. The zero-order valence-electron chi connectivity index (χ0n) is 17.3. The van der Waals surface area contributed by atoms with Crippen LogP contribution in [0.1, 0.15) is 39.5 Å². The van der Waals surface area contributed by atoms with Crippen molar-refractivity contribution in [2.45, 2.75) is 45.1 Å². The normalized spacial score (nSPS) is 17.5. The molecule has 26 heavy (non-hydrogen) atoms. The van der Waals surface area contributed by atoms with Crippen LogP contribution in [0.2, 0.25) is 0 Å². The summed E-state index contributed by atoms with van der Waals surface area (Å²) < 4.78 is 16.6. The molecule has 0 bridgehead atoms. The second kappa shape index (κ2) is 14.2. The maximum absolute atomic E-state index is 5.60. The highest BCUT2D eigenvalue weighted by Gasteiger charge is 2.34. The first-order valence-electron chi connectivity index (χ1n) is 10.1. The molecule has 1 heterocycles. The third-order valence-corrected chi connectivity index (χ3v) is 4.80. The fourth-order valence-electron chi connectivity index (χ4n) is 2.88. The van der Waals surface area contributed by atoms with Crippen molar-refractivity contribution in [1.29, 1.82) is 0 Å². The van der Waals surface area contributed by atoms with E-state index in [9.17, 15) is 0 Å². The van der Waals surface area contributed by atoms with Gasteiger partial charge in [0.15, 0.2) is 5.96 Å². The van der Waals surface area contributed by atoms with Gasteiger partial charge in [-0.2, -0.15) is 0 Å². The molecule has 0 aromatic heterocycles. The minimum Gasteiger partial charge on any atom is -0.381 e. The maximum atomic E-state index is 5.60. The van der Waals surface area contributed by atoms with E-state index in [1.807, 2.05) is 0 Å². The highest BCUT2D eigenvalue weighted by molar-refractivity contribution is 5.79. The smallest absolute Gasteiger partial charge is 0.191 e. The van der Waals surface area contributed by atoms with Crippen molar-refractivity contribution in [2.75, 3.05) is 73.4 Å². The molecular formula is C19H40N4O3. The maximum Gasteiger partial charge on any atom is 0.191 e. The summed E-state index contributed by atoms with van der Waals surface area (Å²) in [6.07, 6.45) is 4.32. The first-order chi connectivity index (χ1) is 12.6. The number of hydrogen-bond donors (Lipinski definition) is 2. The van der Waals surface area contributed by atoms with Crippen LogP contribution in [-0.2, 0) is 14.2 Å². The molecule has 0 spiro atoms. The van der Waals surface area contributed by atoms with Crippen LogP contribution in [0.5, 0.6) is 0 Å². The summed E-state index contributed by atoms with van der Waals surface area (Å²) in [5, 5.41) is 6.66. The zero-order valence-corrected chi connectivity index (χ0v) is 17.3. The van der Waals surface area contributed by atoms with Crippen LogP contribution in [0.25, 0.3) is 0 Å². The molecule has 0 aromatic rings. The number of aliphatic imine (C=N–C) groups is 1. The average molecular weight is 373 g/mol. The van der Waals surface area contributed by atoms with E-state index >= 15 is 0 Å². The third-order valence-electron chi connectivity index (χ3n) is 4.80. The number of rotatable bonds is 13. The molecule has 154 valence electrons. The Balaban J connectivity index is 2.30. The largest absolute Gasteiger partial charge is 0.381 e. The van der Waals surface area contributed by atoms with Crippen LogP contribution in [0, 0.1) is 0 Å². The van der Waals surface area contributed by atoms with E-state index in [0.29, 0.717) is 19.8 Å². The lowest BCUT2D eigenvalue weighted by Gasteiger charge is -2.41. The molecule has 1 rings (SSSR count). The van der Waals surface area contributed by atoms with Crippen LogP contribution in [-0.4, -0.2) is 89.8 Å². The van der Waals surface area contributed by atoms with Crippen molar-refractivity contribution in [3.05, 3.63) is 0 Å². The van der Waals surface area contributed by atoms with Crippen LogP contribution < -0.4 is 10.6 Å². The topological polar surface area (TPSA) is 67.4 Å². The lowest BCUT2D eigenvalue weighted by atomic mass is 9.89. The highest BCUT2D eigenvalue weighted by Crippen LogP contribution is 2.26. The van der Waals surface area contributed by atoms with Gasteiger partial charge < -0.3 is 29.7 Å². The van der Waals surface area contributed by atoms with Gasteiger partial charge >= 0.3 is 0 Å². The van der Waals surface area contributed by atoms with E-state index in [-0.39, 0.29) is 5.54 Å². The molecule has 2 N–H and O–H groups in total. The van der Waals surface area contributed by atoms with Gasteiger partial charge in [0.05, 0.1) is 26.4 Å². The number of guanidine groups is 1. The predicted octanol–water partition coefficient (Wildman–Crippen LogP) is 1.49. The number of ether oxygens (including phenoxy) is 3. The zero-order chi connectivity index (χ0) is 19.1. The van der Waals surface area contributed by atoms with Gasteiger partial charge in [0.1, 0.15) is 0 Å². The molecule has 0 aliphatic carbocycles. The Bertz CT molecular complexity index is 372. The van der Waals surface area contributed by atoms with E-state index < -0.39 is 0 Å². The Morgan fingerprint density at radius 3 is 2.35 bits per heavy atom. The Labute approximate surface area is 159 Å². The van der Waals surface area contributed by atoms with E-state index in [1.54, 1.807) is 0 Å². The number of nitrogens with one attached hydrogen (secondary N) is 2. The highest BCUT2D eigenvalue weighted by atomic mass is 16.5. The lowest BCUT2D eigenvalue weighted by molar-refractivity contribution is -0.00255. The van der Waals surface area contributed by atoms with Crippen molar-refractivity contribution in [3.8, 4) is 0 Å². The van der Waals surface area contributed by atoms with E-state index in [0.717, 1.165) is 64.7 Å². The Hall–Kier alpha value is -0.890. The van der Waals surface area contributed by atoms with Gasteiger partial charge in [-0.3, -0.25) is 4.99 Å². The van der Waals surface area contributed by atoms with E-state index in [4.69, 9.17) is 19.2 Å². The van der Waals surface area contributed by atoms with Crippen molar-refractivity contribution in [1.82, 2.24) is 15.5 Å². The molecule has 7 nitrogen and oxygen atoms in total. The van der Waals surface area contributed by atoms with Crippen molar-refractivity contribution >= 4 is 5.96 Å². The van der Waals surface area contributed by atoms with Crippen LogP contribution >= 0.6 is 0 Å². The van der Waals surface area contributed by atoms with Crippen LogP contribution in [0.3, 0.4) is 0 Å². The molecule has 7 heteroatoms. The van der Waals surface area contributed by atoms with Gasteiger partial charge in [-0.05, 0) is 40.3 Å². The SMILES string of the molecule is CCCCOCCOCCNC(=NCC1(N(C)C)CCOCC1)NCC. The summed E-state index contributed by atoms with van der Waals surface area (Å²) in [5.74, 6) is 0.850. The first-order valence-corrected chi connectivity index (χ1v) is 10.1. The molecule has 1 aliphatic heterocycles. The molecule has 0 aromatic carbocycles. The minimum absolute atomic E-state index is 0.0902. The Kier molecular flexibility index (Phi) is 12.6. The van der Waals surface area contributed by atoms with Gasteiger partial charge in [0.2, 0.25) is 0 Å². The molecular weight excluding hydrogens is 332 g/mol. The molecule has 0 unspecified atom stereocenters. The number of unbranched alkanes of at least 4 members (excludes halogenated alkanes) is 1. The second-order valence-corrected chi connectivity index (χ2v) is 6.93. The quantitative estimate of drug-likeness (QED) is 0.290. The van der Waals surface area contributed by atoms with Gasteiger partial charge in [-0.25, -0.2) is 0 Å². The fraction of sp³-hybridized carbons (Fsp3) is 0.947. The molecule has 0 saturated carbocycles. The Morgan fingerprint density at radius 2 is 1.73 bits per heavy atom. The minimum atomic E-state index is 0.0902. The first kappa shape index (κ1) is 23.1. The van der Waals surface area contributed by atoms with Gasteiger partial charge in [0, 0.05) is 38.4 Å². The van der Waals surface area contributed by atoms with E-state index in [2.05, 4.69) is 43.5 Å². The number of likely N-dealkylation sites (N-methyl/N-ethyl adjacent to an activating group) is 1. The summed E-state index contributed by atoms with van der Waals surface area (Å²) in [4.78, 5) is 7.11. The number of hydrogen-bond acceptors (Lipinski definition) is 5. The Morgan fingerprint density at radius 1 is 1.04 bits per heavy atom. The van der Waals surface area contributed by atoms with Crippen molar-refractivity contribution in [3.63, 3.8) is 0 Å². The van der Waals surface area contributed by atoms with Crippen LogP contribution in [0.4, 0.5) is 0 Å². The van der Waals surface area contributed by atoms with Gasteiger partial charge in [-0.15, -0.1) is 0 Å². The lowest BCUT2D eigenvalue weighted by Crippen LogP contribution is -2.51. The molecule has 1 aliphatic rings. The second-order valence-electron chi connectivity index (χ2n) is 6.93. The fourth-order valence-corrected chi connectivity index (χ4v) is 2.88. The number of nitrogens with zero attached hydrogens (tertiary/aromatic N) is 2. The van der Waals surface area contributed by atoms with Crippen LogP contribution in [0.15, 0.2) is 4.99 Å². The predicted molar refractivity (Wildman–Crippen MR) is 107 cm³/mol. The average Bonchev–Trinajstić information content (AvgIpc) is 2.65. The summed E-state index contributed by atoms with van der Waals surface area (Å²) in [7, 11) is 4.27. The summed E-state index contributed by atoms with van der Waals surface area (Å²) in [6, 6.07) is 0. The summed E-state index contributed by atoms with van der Waals surface area (Å²) >= 11 is 0. The van der Waals surface area contributed by atoms with Gasteiger partial charge in [-0.1, -0.05) is 13.3 Å². The summed E-state index contributed by atoms with van der Waals surface area (Å²) in [5.41, 5.74) is 0.0902.